The zero-order valence-electron chi connectivity index (χ0n) is 26.7. The average molecular weight is 605 g/mol. The van der Waals surface area contributed by atoms with Crippen molar-refractivity contribution in [3.63, 3.8) is 0 Å². The monoisotopic (exact) mass is 604 g/mol. The molecule has 0 atom stereocenters. The fourth-order valence-electron chi connectivity index (χ4n) is 4.93. The number of cyclic esters (lactones) is 2. The molecule has 0 amide bonds. The third-order valence-electron chi connectivity index (χ3n) is 7.54. The van der Waals surface area contributed by atoms with Gasteiger partial charge in [-0.1, -0.05) is 24.3 Å². The summed E-state index contributed by atoms with van der Waals surface area (Å²) in [6, 6.07) is 19.2. The summed E-state index contributed by atoms with van der Waals surface area (Å²) in [4.78, 5) is 35.0. The van der Waals surface area contributed by atoms with E-state index < -0.39 is 11.9 Å². The number of anilines is 4. The molecule has 10 nitrogen and oxygen atoms in total. The summed E-state index contributed by atoms with van der Waals surface area (Å²) in [5, 5.41) is 0. The van der Waals surface area contributed by atoms with Gasteiger partial charge < -0.3 is 38.5 Å². The number of hydrogen-bond acceptors (Lipinski definition) is 10. The number of nitrogens with zero attached hydrogens (tertiary/aromatic N) is 4. The average Bonchev–Trinajstić information content (AvgIpc) is 3.02. The number of carbonyl (C=O) groups is 2. The highest BCUT2D eigenvalue weighted by Gasteiger charge is 2.22. The van der Waals surface area contributed by atoms with Gasteiger partial charge in [-0.3, -0.25) is 0 Å². The van der Waals surface area contributed by atoms with Crippen LogP contribution in [0.5, 0.6) is 0 Å². The van der Waals surface area contributed by atoms with Crippen LogP contribution in [0.3, 0.4) is 0 Å². The Morgan fingerprint density at radius 1 is 0.545 bits per heavy atom. The van der Waals surface area contributed by atoms with Gasteiger partial charge in [0.25, 0.3) is 0 Å². The number of ether oxygens (including phenoxy) is 4. The molecule has 1 aliphatic rings. The smallest absolute Gasteiger partial charge is 0.338 e. The maximum Gasteiger partial charge on any atom is 0.338 e. The molecule has 0 radical (unpaired) electrons. The van der Waals surface area contributed by atoms with Gasteiger partial charge in [0, 0.05) is 66.8 Å². The van der Waals surface area contributed by atoms with Crippen molar-refractivity contribution in [2.24, 2.45) is 0 Å². The van der Waals surface area contributed by atoms with Crippen molar-refractivity contribution in [3.05, 3.63) is 71.8 Å². The number of hydrogen-bond donors (Lipinski definition) is 0. The standard InChI is InChI=1S/C34H44N4O6/c1-35(2)25-11-13-27-28-14-12-26(36(3)4)24-30(28)34(40)44-22-20-42-18-16-38(6)32-10-8-7-9-31(32)37(5)15-17-41-19-21-43-33(39)29(27)23-25/h7-14,23-24H,15-22H2,1-6H3. The lowest BCUT2D eigenvalue weighted by Gasteiger charge is -2.28. The molecule has 0 unspecified atom stereocenters. The quantitative estimate of drug-likeness (QED) is 0.392. The highest BCUT2D eigenvalue weighted by atomic mass is 16.6. The van der Waals surface area contributed by atoms with E-state index in [0.717, 1.165) is 22.7 Å². The van der Waals surface area contributed by atoms with Crippen LogP contribution in [-0.2, 0) is 18.9 Å². The van der Waals surface area contributed by atoms with Gasteiger partial charge in [0.2, 0.25) is 0 Å². The topological polar surface area (TPSA) is 84.0 Å². The normalized spacial score (nSPS) is 15.9. The molecule has 4 rings (SSSR count). The van der Waals surface area contributed by atoms with Gasteiger partial charge in [-0.25, -0.2) is 9.59 Å². The Bertz CT molecular complexity index is 1320. The van der Waals surface area contributed by atoms with E-state index >= 15 is 0 Å². The third kappa shape index (κ3) is 8.21. The van der Waals surface area contributed by atoms with Gasteiger partial charge in [-0.05, 0) is 47.5 Å². The first-order valence-electron chi connectivity index (χ1n) is 14.8. The van der Waals surface area contributed by atoms with Gasteiger partial charge >= 0.3 is 11.9 Å². The molecule has 0 spiro atoms. The van der Waals surface area contributed by atoms with Gasteiger partial charge in [0.05, 0.1) is 48.9 Å². The fourth-order valence-corrected chi connectivity index (χ4v) is 4.93. The third-order valence-corrected chi connectivity index (χ3v) is 7.54. The van der Waals surface area contributed by atoms with E-state index in [1.54, 1.807) is 12.1 Å². The van der Waals surface area contributed by atoms with Crippen molar-refractivity contribution in [3.8, 4) is 11.1 Å². The molecule has 0 aliphatic carbocycles. The zero-order valence-corrected chi connectivity index (χ0v) is 26.7. The molecule has 10 heteroatoms. The summed E-state index contributed by atoms with van der Waals surface area (Å²) in [5.74, 6) is -0.985. The Balaban J connectivity index is 1.63. The van der Waals surface area contributed by atoms with E-state index in [0.29, 0.717) is 48.6 Å². The van der Waals surface area contributed by atoms with E-state index in [1.807, 2.05) is 88.5 Å². The van der Waals surface area contributed by atoms with Crippen LogP contribution in [0, 0.1) is 0 Å². The number of rotatable bonds is 2. The maximum absolute atomic E-state index is 13.5. The van der Waals surface area contributed by atoms with Crippen LogP contribution in [0.2, 0.25) is 0 Å². The Morgan fingerprint density at radius 2 is 0.955 bits per heavy atom. The number of fused-ring (bicyclic) bond motifs is 4. The molecule has 0 fully saturated rings. The Morgan fingerprint density at radius 3 is 1.34 bits per heavy atom. The summed E-state index contributed by atoms with van der Waals surface area (Å²) in [5.41, 5.74) is 5.69. The summed E-state index contributed by atoms with van der Waals surface area (Å²) < 4.78 is 23.0. The number of carbonyl (C=O) groups excluding carboxylic acids is 2. The predicted octanol–water partition coefficient (Wildman–Crippen LogP) is 4.42. The largest absolute Gasteiger partial charge is 0.460 e. The van der Waals surface area contributed by atoms with Crippen molar-refractivity contribution in [2.45, 2.75) is 0 Å². The molecule has 1 aliphatic heterocycles. The molecule has 3 aromatic carbocycles. The number of likely N-dealkylation sites (N-methyl/N-ethyl adjacent to an activating group) is 2. The van der Waals surface area contributed by atoms with E-state index in [4.69, 9.17) is 18.9 Å². The van der Waals surface area contributed by atoms with Crippen molar-refractivity contribution in [1.29, 1.82) is 0 Å². The molecular formula is C34H44N4O6. The van der Waals surface area contributed by atoms with E-state index in [1.165, 1.54) is 0 Å². The second-order valence-electron chi connectivity index (χ2n) is 11.1. The minimum atomic E-state index is -0.493. The van der Waals surface area contributed by atoms with Gasteiger partial charge in [-0.2, -0.15) is 0 Å². The first-order valence-corrected chi connectivity index (χ1v) is 14.8. The van der Waals surface area contributed by atoms with Crippen LogP contribution < -0.4 is 19.6 Å². The number of esters is 2. The summed E-state index contributed by atoms with van der Waals surface area (Å²) in [6.07, 6.45) is 0. The molecule has 0 saturated heterocycles. The Labute approximate surface area is 260 Å². The lowest BCUT2D eigenvalue weighted by molar-refractivity contribution is 0.0320. The van der Waals surface area contributed by atoms with Gasteiger partial charge in [0.1, 0.15) is 13.2 Å². The van der Waals surface area contributed by atoms with Crippen LogP contribution in [0.1, 0.15) is 20.7 Å². The number of benzene rings is 3. The minimum absolute atomic E-state index is 0.0992. The Hall–Kier alpha value is -4.28. The van der Waals surface area contributed by atoms with Crippen molar-refractivity contribution >= 4 is 34.7 Å². The first-order chi connectivity index (χ1) is 21.2. The lowest BCUT2D eigenvalue weighted by Crippen LogP contribution is -2.28. The SMILES string of the molecule is CN(C)c1ccc2c(c1)C(=O)OCCOCCN(C)c1ccccc1N(C)CCOCCOC(=O)c1cc(N(C)C)ccc1-2. The highest BCUT2D eigenvalue weighted by Crippen LogP contribution is 2.33. The molecule has 0 bridgehead atoms. The van der Waals surface area contributed by atoms with Crippen molar-refractivity contribution < 1.29 is 28.5 Å². The molecular weight excluding hydrogens is 560 g/mol. The fraction of sp³-hybridized carbons (Fsp3) is 0.412. The lowest BCUT2D eigenvalue weighted by atomic mass is 9.94. The van der Waals surface area contributed by atoms with Crippen LogP contribution in [-0.4, -0.2) is 107 Å². The first kappa shape index (κ1) is 32.6. The predicted molar refractivity (Wildman–Crippen MR) is 176 cm³/mol. The van der Waals surface area contributed by atoms with Crippen LogP contribution in [0.15, 0.2) is 60.7 Å². The van der Waals surface area contributed by atoms with E-state index in [2.05, 4.69) is 21.9 Å². The maximum atomic E-state index is 13.5. The van der Waals surface area contributed by atoms with Crippen molar-refractivity contribution in [1.82, 2.24) is 0 Å². The molecule has 236 valence electrons. The van der Waals surface area contributed by atoms with Gasteiger partial charge in [0.15, 0.2) is 0 Å². The second-order valence-corrected chi connectivity index (χ2v) is 11.1. The molecule has 44 heavy (non-hydrogen) atoms. The van der Waals surface area contributed by atoms with Crippen LogP contribution in [0.4, 0.5) is 22.7 Å². The van der Waals surface area contributed by atoms with Crippen LogP contribution in [0.25, 0.3) is 11.1 Å². The number of para-hydroxylation sites is 2. The van der Waals surface area contributed by atoms with E-state index in [9.17, 15) is 9.59 Å². The van der Waals surface area contributed by atoms with Crippen LogP contribution >= 0.6 is 0 Å². The van der Waals surface area contributed by atoms with E-state index in [-0.39, 0.29) is 26.4 Å². The van der Waals surface area contributed by atoms with Crippen molar-refractivity contribution in [2.75, 3.05) is 115 Å². The summed E-state index contributed by atoms with van der Waals surface area (Å²) in [6.45, 7) is 3.00. The molecule has 1 heterocycles. The highest BCUT2D eigenvalue weighted by molar-refractivity contribution is 6.04. The second kappa shape index (κ2) is 15.4. The summed E-state index contributed by atoms with van der Waals surface area (Å²) in [7, 11) is 11.7. The zero-order chi connectivity index (χ0) is 31.6. The minimum Gasteiger partial charge on any atom is -0.460 e. The molecule has 0 N–H and O–H groups in total. The van der Waals surface area contributed by atoms with Gasteiger partial charge in [-0.15, -0.1) is 0 Å². The Kier molecular flexibility index (Phi) is 11.5. The summed E-state index contributed by atoms with van der Waals surface area (Å²) >= 11 is 0. The molecule has 0 aromatic heterocycles. The molecule has 0 saturated carbocycles. The molecule has 3 aromatic rings.